The van der Waals surface area contributed by atoms with E-state index in [0.717, 1.165) is 30.4 Å². The predicted octanol–water partition coefficient (Wildman–Crippen LogP) is 4.29. The van der Waals surface area contributed by atoms with Gasteiger partial charge in [0.1, 0.15) is 22.0 Å². The van der Waals surface area contributed by atoms with Crippen LogP contribution >= 0.6 is 22.9 Å². The van der Waals surface area contributed by atoms with E-state index in [4.69, 9.17) is 11.6 Å². The number of pyridine rings is 1. The molecule has 194 valence electrons. The van der Waals surface area contributed by atoms with Crippen LogP contribution in [0, 0.1) is 0 Å². The van der Waals surface area contributed by atoms with E-state index in [0.29, 0.717) is 23.3 Å². The van der Waals surface area contributed by atoms with Crippen LogP contribution in [0.15, 0.2) is 24.8 Å². The number of alkyl halides is 3. The lowest BCUT2D eigenvalue weighted by Gasteiger charge is -2.11. The molecule has 0 aliphatic rings. The van der Waals surface area contributed by atoms with Gasteiger partial charge in [0.2, 0.25) is 0 Å². The zero-order chi connectivity index (χ0) is 26.7. The number of nitrogens with one attached hydrogen (secondary N) is 2. The van der Waals surface area contributed by atoms with E-state index in [-0.39, 0.29) is 21.9 Å². The number of aryl methyl sites for hydroxylation is 1. The Bertz CT molecular complexity index is 1460. The van der Waals surface area contributed by atoms with E-state index >= 15 is 0 Å². The van der Waals surface area contributed by atoms with Crippen molar-refractivity contribution < 1.29 is 22.8 Å². The van der Waals surface area contributed by atoms with Crippen LogP contribution in [0.25, 0.3) is 11.2 Å². The number of anilines is 1. The first-order chi connectivity index (χ1) is 17.6. The molecule has 4 rings (SSSR count). The van der Waals surface area contributed by atoms with E-state index in [1.54, 1.807) is 11.6 Å². The molecule has 4 aromatic rings. The number of amides is 2. The van der Waals surface area contributed by atoms with Crippen LogP contribution in [0.2, 0.25) is 5.02 Å². The van der Waals surface area contributed by atoms with E-state index in [2.05, 4.69) is 40.9 Å². The lowest BCUT2D eigenvalue weighted by molar-refractivity contribution is -0.137. The van der Waals surface area contributed by atoms with Crippen molar-refractivity contribution in [1.29, 1.82) is 0 Å². The predicted molar refractivity (Wildman–Crippen MR) is 128 cm³/mol. The number of unbranched alkanes of at least 4 members (excludes halogenated alkanes) is 1. The maximum atomic E-state index is 13.1. The van der Waals surface area contributed by atoms with Gasteiger partial charge in [0.05, 0.1) is 22.8 Å². The van der Waals surface area contributed by atoms with Crippen LogP contribution < -0.4 is 10.6 Å². The van der Waals surface area contributed by atoms with Gasteiger partial charge in [-0.2, -0.15) is 13.2 Å². The maximum absolute atomic E-state index is 13.1. The molecule has 0 aliphatic heterocycles. The van der Waals surface area contributed by atoms with Crippen molar-refractivity contribution in [2.75, 3.05) is 5.32 Å². The van der Waals surface area contributed by atoms with Crippen LogP contribution in [0.3, 0.4) is 0 Å². The Morgan fingerprint density at radius 3 is 2.68 bits per heavy atom. The fourth-order valence-corrected chi connectivity index (χ4v) is 4.26. The highest BCUT2D eigenvalue weighted by Gasteiger charge is 2.34. The number of hydrogen-bond donors (Lipinski definition) is 2. The molecule has 4 heterocycles. The summed E-state index contributed by atoms with van der Waals surface area (Å²) >= 11 is 6.51. The Balaban J connectivity index is 1.45. The number of nitrogens with zero attached hydrogens (tertiary/aromatic N) is 7. The average Bonchev–Trinajstić information content (AvgIpc) is 3.51. The molecule has 2 amide bonds. The van der Waals surface area contributed by atoms with Gasteiger partial charge in [0.15, 0.2) is 16.9 Å². The number of carbonyl (C=O) groups is 2. The van der Waals surface area contributed by atoms with E-state index in [9.17, 15) is 22.8 Å². The molecule has 0 aliphatic carbocycles. The number of fused-ring (bicyclic) bond motifs is 1. The molecule has 0 saturated carbocycles. The summed E-state index contributed by atoms with van der Waals surface area (Å²) in [7, 11) is 0. The van der Waals surface area contributed by atoms with Gasteiger partial charge in [-0.1, -0.05) is 30.2 Å². The van der Waals surface area contributed by atoms with E-state index < -0.39 is 34.6 Å². The molecule has 11 nitrogen and oxygen atoms in total. The van der Waals surface area contributed by atoms with Gasteiger partial charge >= 0.3 is 6.18 Å². The molecule has 16 heteroatoms. The third kappa shape index (κ3) is 5.83. The van der Waals surface area contributed by atoms with E-state index in [1.165, 1.54) is 12.5 Å². The normalized spacial score (nSPS) is 12.5. The lowest BCUT2D eigenvalue weighted by atomic mass is 10.2. The topological polar surface area (TPSA) is 140 Å². The average molecular weight is 554 g/mol. The summed E-state index contributed by atoms with van der Waals surface area (Å²) in [6.07, 6.45) is 0.440. The SMILES string of the molecule is CCCCn1nnc2c(C(=O)NC(C)c3ncc(C(=O)Nc4cc(C(F)(F)F)c(Cl)cn4)s3)ncnc21. The van der Waals surface area contributed by atoms with Gasteiger partial charge < -0.3 is 10.6 Å². The van der Waals surface area contributed by atoms with Crippen molar-refractivity contribution in [1.82, 2.24) is 40.2 Å². The third-order valence-electron chi connectivity index (χ3n) is 5.11. The van der Waals surface area contributed by atoms with Crippen LogP contribution in [-0.4, -0.2) is 46.7 Å². The maximum Gasteiger partial charge on any atom is 0.418 e. The largest absolute Gasteiger partial charge is 0.418 e. The number of aromatic nitrogens is 7. The van der Waals surface area contributed by atoms with Crippen molar-refractivity contribution >= 4 is 51.7 Å². The number of carbonyl (C=O) groups excluding carboxylic acids is 2. The van der Waals surface area contributed by atoms with Crippen molar-refractivity contribution in [3.63, 3.8) is 0 Å². The second kappa shape index (κ2) is 10.7. The molecule has 0 spiro atoms. The second-order valence-electron chi connectivity index (χ2n) is 7.82. The summed E-state index contributed by atoms with van der Waals surface area (Å²) in [6.45, 7) is 4.31. The van der Waals surface area contributed by atoms with Crippen LogP contribution in [0.1, 0.15) is 63.5 Å². The number of hydrogen-bond acceptors (Lipinski definition) is 9. The summed E-state index contributed by atoms with van der Waals surface area (Å²) < 4.78 is 40.8. The summed E-state index contributed by atoms with van der Waals surface area (Å²) in [5.74, 6) is -1.57. The summed E-state index contributed by atoms with van der Waals surface area (Å²) in [4.78, 5) is 41.6. The van der Waals surface area contributed by atoms with Crippen molar-refractivity contribution in [2.45, 2.75) is 45.5 Å². The third-order valence-corrected chi connectivity index (χ3v) is 6.59. The number of rotatable bonds is 8. The summed E-state index contributed by atoms with van der Waals surface area (Å²) in [6, 6.07) is 0.0241. The highest BCUT2D eigenvalue weighted by atomic mass is 35.5. The van der Waals surface area contributed by atoms with Gasteiger partial charge in [-0.05, 0) is 19.4 Å². The molecular formula is C21H19ClF3N9O2S. The highest BCUT2D eigenvalue weighted by Crippen LogP contribution is 2.35. The van der Waals surface area contributed by atoms with Gasteiger partial charge in [-0.25, -0.2) is 24.6 Å². The first-order valence-corrected chi connectivity index (χ1v) is 12.1. The van der Waals surface area contributed by atoms with Crippen LogP contribution in [0.4, 0.5) is 19.0 Å². The molecule has 2 N–H and O–H groups in total. The molecule has 4 aromatic heterocycles. The molecular weight excluding hydrogens is 535 g/mol. The Kier molecular flexibility index (Phi) is 7.63. The minimum absolute atomic E-state index is 0.0448. The zero-order valence-corrected chi connectivity index (χ0v) is 20.9. The Morgan fingerprint density at radius 2 is 1.95 bits per heavy atom. The van der Waals surface area contributed by atoms with Gasteiger partial charge in [0, 0.05) is 12.7 Å². The van der Waals surface area contributed by atoms with Gasteiger partial charge in [0.25, 0.3) is 11.8 Å². The monoisotopic (exact) mass is 553 g/mol. The standard InChI is InChI=1S/C21H19ClF3N9O2S/c1-3-4-5-34-17-15(32-33-34)16(28-9-29-17)19(36)30-10(2)20-27-8-13(37-20)18(35)31-14-6-11(21(23,24)25)12(22)7-26-14/h6-10H,3-5H2,1-2H3,(H,30,36)(H,26,31,35). The Hall–Kier alpha value is -3.72. The van der Waals surface area contributed by atoms with Crippen molar-refractivity contribution in [2.24, 2.45) is 0 Å². The molecule has 0 aromatic carbocycles. The minimum atomic E-state index is -4.70. The van der Waals surface area contributed by atoms with Crippen molar-refractivity contribution in [3.05, 3.63) is 51.0 Å². The first kappa shape index (κ1) is 26.3. The van der Waals surface area contributed by atoms with Gasteiger partial charge in [-0.15, -0.1) is 16.4 Å². The molecule has 0 saturated heterocycles. The van der Waals surface area contributed by atoms with Crippen LogP contribution in [0.5, 0.6) is 0 Å². The minimum Gasteiger partial charge on any atom is -0.342 e. The summed E-state index contributed by atoms with van der Waals surface area (Å²) in [5, 5.41) is 12.9. The fourth-order valence-electron chi connectivity index (χ4n) is 3.24. The fraction of sp³-hybridized carbons (Fsp3) is 0.333. The molecule has 0 fully saturated rings. The van der Waals surface area contributed by atoms with Crippen LogP contribution in [-0.2, 0) is 12.7 Å². The molecule has 0 bridgehead atoms. The Labute approximate surface area is 216 Å². The second-order valence-corrected chi connectivity index (χ2v) is 9.29. The highest BCUT2D eigenvalue weighted by molar-refractivity contribution is 7.13. The molecule has 1 atom stereocenters. The molecule has 0 radical (unpaired) electrons. The lowest BCUT2D eigenvalue weighted by Crippen LogP contribution is -2.27. The van der Waals surface area contributed by atoms with Gasteiger partial charge in [-0.3, -0.25) is 9.59 Å². The smallest absolute Gasteiger partial charge is 0.342 e. The zero-order valence-electron chi connectivity index (χ0n) is 19.4. The van der Waals surface area contributed by atoms with Crippen molar-refractivity contribution in [3.8, 4) is 0 Å². The Morgan fingerprint density at radius 1 is 1.16 bits per heavy atom. The quantitative estimate of drug-likeness (QED) is 0.329. The molecule has 37 heavy (non-hydrogen) atoms. The summed E-state index contributed by atoms with van der Waals surface area (Å²) in [5.41, 5.74) is -0.372. The first-order valence-electron chi connectivity index (χ1n) is 10.9. The van der Waals surface area contributed by atoms with E-state index in [1.807, 2.05) is 6.92 Å². The number of thiazole rings is 1. The molecule has 1 unspecified atom stereocenters. The number of halogens is 4.